The smallest absolute Gasteiger partial charge is 0.308 e. The van der Waals surface area contributed by atoms with Crippen molar-refractivity contribution in [2.75, 3.05) is 10.6 Å². The van der Waals surface area contributed by atoms with Crippen molar-refractivity contribution in [2.24, 2.45) is 33.7 Å². The molecular weight excluding hydrogens is 717 g/mol. The Morgan fingerprint density at radius 1 is 0.615 bits per heavy atom. The number of urea groups is 1. The van der Waals surface area contributed by atoms with Gasteiger partial charge in [-0.15, -0.1) is 0 Å². The molecular formula is C35H26N4O11S2. The summed E-state index contributed by atoms with van der Waals surface area (Å²) in [5.41, 5.74) is -0.362. The van der Waals surface area contributed by atoms with Crippen LogP contribution in [0.2, 0.25) is 0 Å². The number of fused-ring (bicyclic) bond motifs is 2. The van der Waals surface area contributed by atoms with Crippen LogP contribution in [0.15, 0.2) is 129 Å². The predicted octanol–water partition coefficient (Wildman–Crippen LogP) is 3.92. The fourth-order valence-corrected chi connectivity index (χ4v) is 7.66. The molecule has 4 N–H and O–H groups in total. The summed E-state index contributed by atoms with van der Waals surface area (Å²) in [5.74, 6) is -7.11. The van der Waals surface area contributed by atoms with Crippen molar-refractivity contribution in [3.63, 3.8) is 0 Å². The fourth-order valence-electron chi connectivity index (χ4n) is 5.99. The first-order valence-corrected chi connectivity index (χ1v) is 18.2. The third-order valence-electron chi connectivity index (χ3n) is 8.37. The maximum absolute atomic E-state index is 13.1. The number of rotatable bonds is 6. The first-order chi connectivity index (χ1) is 24.6. The number of allylic oxidation sites excluding steroid dienone is 12. The number of carbonyl (C=O) groups is 5. The van der Waals surface area contributed by atoms with Gasteiger partial charge in [-0.3, -0.25) is 28.3 Å². The zero-order valence-corrected chi connectivity index (χ0v) is 28.1. The van der Waals surface area contributed by atoms with E-state index in [0.717, 1.165) is 12.2 Å². The molecule has 2 aromatic carbocycles. The van der Waals surface area contributed by atoms with Crippen molar-refractivity contribution in [3.05, 3.63) is 130 Å². The van der Waals surface area contributed by atoms with Crippen LogP contribution in [-0.4, -0.2) is 66.8 Å². The maximum Gasteiger partial charge on any atom is 0.323 e. The molecule has 0 fully saturated rings. The molecule has 15 nitrogen and oxygen atoms in total. The molecule has 0 radical (unpaired) electrons. The van der Waals surface area contributed by atoms with E-state index in [9.17, 15) is 49.9 Å². The van der Waals surface area contributed by atoms with Gasteiger partial charge in [0.25, 0.3) is 32.1 Å². The molecule has 0 saturated heterocycles. The molecule has 4 aliphatic rings. The van der Waals surface area contributed by atoms with Gasteiger partial charge in [0.15, 0.2) is 11.6 Å². The number of nitrogens with zero attached hydrogens (tertiary/aromatic N) is 2. The lowest BCUT2D eigenvalue weighted by Crippen LogP contribution is -2.36. The zero-order chi connectivity index (χ0) is 37.4. The first kappa shape index (κ1) is 35.8. The Morgan fingerprint density at radius 3 is 1.40 bits per heavy atom. The van der Waals surface area contributed by atoms with Gasteiger partial charge >= 0.3 is 6.03 Å². The molecule has 6 rings (SSSR count). The molecule has 2 aromatic rings. The van der Waals surface area contributed by atoms with E-state index in [1.165, 1.54) is 85.0 Å². The summed E-state index contributed by atoms with van der Waals surface area (Å²) < 4.78 is 66.6. The number of carbonyl (C=O) groups excluding carboxylic acids is 5. The summed E-state index contributed by atoms with van der Waals surface area (Å²) in [5, 5.41) is 5.07. The van der Waals surface area contributed by atoms with Gasteiger partial charge in [-0.05, 0) is 60.7 Å². The molecule has 0 aromatic heterocycles. The van der Waals surface area contributed by atoms with Crippen LogP contribution in [0.25, 0.3) is 0 Å². The van der Waals surface area contributed by atoms with Gasteiger partial charge in [0.1, 0.15) is 11.4 Å². The lowest BCUT2D eigenvalue weighted by molar-refractivity contribution is -0.116. The van der Waals surface area contributed by atoms with Gasteiger partial charge in [0.2, 0.25) is 0 Å². The van der Waals surface area contributed by atoms with Crippen molar-refractivity contribution in [2.45, 2.75) is 0 Å². The highest BCUT2D eigenvalue weighted by Gasteiger charge is 2.41. The Morgan fingerprint density at radius 2 is 1.02 bits per heavy atom. The number of anilines is 2. The molecule has 4 amide bonds. The number of Topliss-reactive ketones (excluding diaryl/α,β-unsaturated/α-hetero) is 2. The van der Waals surface area contributed by atoms with Crippen LogP contribution in [0, 0.1) is 23.7 Å². The average molecular weight is 743 g/mol. The summed E-state index contributed by atoms with van der Waals surface area (Å²) in [6.45, 7) is 0. The second-order valence-corrected chi connectivity index (χ2v) is 14.6. The van der Waals surface area contributed by atoms with Crippen LogP contribution >= 0.6 is 0 Å². The van der Waals surface area contributed by atoms with Gasteiger partial charge in [-0.2, -0.15) is 16.8 Å². The van der Waals surface area contributed by atoms with E-state index in [2.05, 4.69) is 20.6 Å². The lowest BCUT2D eigenvalue weighted by Gasteiger charge is -2.27. The number of hydrogen-bond acceptors (Lipinski definition) is 9. The van der Waals surface area contributed by atoms with Crippen LogP contribution < -0.4 is 10.6 Å². The van der Waals surface area contributed by atoms with Gasteiger partial charge in [0.05, 0.1) is 21.6 Å². The van der Waals surface area contributed by atoms with Crippen LogP contribution in [0.4, 0.5) is 16.2 Å². The molecule has 4 aliphatic carbocycles. The largest absolute Gasteiger partial charge is 0.323 e. The average Bonchev–Trinajstić information content (AvgIpc) is 3.09. The van der Waals surface area contributed by atoms with Gasteiger partial charge in [-0.25, -0.2) is 14.8 Å². The number of amides is 4. The highest BCUT2D eigenvalue weighted by atomic mass is 32.2. The fraction of sp³-hybridized carbons (Fsp3) is 0.114. The van der Waals surface area contributed by atoms with E-state index < -0.39 is 83.1 Å². The van der Waals surface area contributed by atoms with Crippen molar-refractivity contribution in [1.82, 2.24) is 0 Å². The highest BCUT2D eigenvalue weighted by Crippen LogP contribution is 2.36. The number of nitrogens with one attached hydrogen (secondary N) is 2. The van der Waals surface area contributed by atoms with Crippen LogP contribution in [-0.2, 0) is 29.8 Å². The summed E-state index contributed by atoms with van der Waals surface area (Å²) in [6.07, 6.45) is 13.8. The quantitative estimate of drug-likeness (QED) is 0.309. The molecule has 0 saturated carbocycles. The summed E-state index contributed by atoms with van der Waals surface area (Å²) in [6, 6.07) is 10.4. The summed E-state index contributed by atoms with van der Waals surface area (Å²) in [4.78, 5) is 71.8. The molecule has 17 heteroatoms. The first-order valence-electron chi connectivity index (χ1n) is 15.3. The number of aliphatic imine (C=N–C) groups is 2. The Kier molecular flexibility index (Phi) is 9.61. The Bertz CT molecular complexity index is 2270. The van der Waals surface area contributed by atoms with Gasteiger partial charge < -0.3 is 10.6 Å². The second-order valence-electron chi connectivity index (χ2n) is 11.8. The number of benzene rings is 2. The van der Waals surface area contributed by atoms with Crippen molar-refractivity contribution < 1.29 is 49.9 Å². The van der Waals surface area contributed by atoms with E-state index >= 15 is 0 Å². The molecule has 4 atom stereocenters. The van der Waals surface area contributed by atoms with Crippen molar-refractivity contribution >= 4 is 72.4 Å². The topological polar surface area (TPSA) is 243 Å². The van der Waals surface area contributed by atoms with E-state index in [-0.39, 0.29) is 33.9 Å². The molecule has 52 heavy (non-hydrogen) atoms. The van der Waals surface area contributed by atoms with Crippen LogP contribution in [0.5, 0.6) is 0 Å². The Hall–Kier alpha value is -6.01. The van der Waals surface area contributed by atoms with Gasteiger partial charge in [-0.1, -0.05) is 48.6 Å². The third kappa shape index (κ3) is 7.52. The monoisotopic (exact) mass is 742 g/mol. The molecule has 0 aliphatic heterocycles. The maximum atomic E-state index is 13.1. The highest BCUT2D eigenvalue weighted by molar-refractivity contribution is 7.90. The van der Waals surface area contributed by atoms with Crippen LogP contribution in [0.3, 0.4) is 0 Å². The molecule has 0 bridgehead atoms. The molecule has 0 spiro atoms. The second kappa shape index (κ2) is 14.0. The minimum atomic E-state index is -4.69. The van der Waals surface area contributed by atoms with Crippen molar-refractivity contribution in [3.8, 4) is 0 Å². The number of ketones is 2. The van der Waals surface area contributed by atoms with Gasteiger partial charge in [0, 0.05) is 34.3 Å². The van der Waals surface area contributed by atoms with Crippen molar-refractivity contribution in [1.29, 1.82) is 0 Å². The minimum absolute atomic E-state index is 0.0181. The molecule has 264 valence electrons. The zero-order valence-electron chi connectivity index (χ0n) is 26.5. The molecule has 0 heterocycles. The lowest BCUT2D eigenvalue weighted by atomic mass is 9.79. The standard InChI is InChI=1S/C35H26N4O11S2/c40-31-25(15-13-19-5-3-11-27(29(19)31)51(45,46)47)38-33(42)21-7-1-9-23(17-21)36-35(44)37-24-10-2-8-22(18-24)34(43)39-26-16-14-20-6-4-12-28(52(48,49)50)30(20)32(26)41/h1-20,29-30H,(H2,36,37,44)(H,45,46,47)(H,48,49,50). The van der Waals surface area contributed by atoms with E-state index in [1.54, 1.807) is 12.2 Å². The normalized spacial score (nSPS) is 23.8. The summed E-state index contributed by atoms with van der Waals surface area (Å²) >= 11 is 0. The van der Waals surface area contributed by atoms with Crippen LogP contribution in [0.1, 0.15) is 20.7 Å². The SMILES string of the molecule is O=C(Nc1cccc(C(=O)N=C2C=CC3C=CC=C(S(=O)(=O)O)C3C2=O)c1)Nc1cccc(C(=O)N=C2C=CC3C=CC=C(S(=O)(=O)O)C3C2=O)c1. The Balaban J connectivity index is 1.12. The minimum Gasteiger partial charge on any atom is -0.308 e. The number of hydrogen-bond donors (Lipinski definition) is 4. The van der Waals surface area contributed by atoms with E-state index in [4.69, 9.17) is 0 Å². The van der Waals surface area contributed by atoms with E-state index in [1.807, 2.05) is 0 Å². The molecule has 4 unspecified atom stereocenters. The Labute approximate surface area is 296 Å². The van der Waals surface area contributed by atoms with E-state index in [0.29, 0.717) is 0 Å². The third-order valence-corrected chi connectivity index (χ3v) is 10.3. The summed E-state index contributed by atoms with van der Waals surface area (Å²) in [7, 11) is -9.39. The predicted molar refractivity (Wildman–Crippen MR) is 189 cm³/mol.